The van der Waals surface area contributed by atoms with Gasteiger partial charge in [-0.3, -0.25) is 4.79 Å². The van der Waals surface area contributed by atoms with Gasteiger partial charge in [0.2, 0.25) is 5.91 Å². The van der Waals surface area contributed by atoms with Gasteiger partial charge in [0.25, 0.3) is 0 Å². The Morgan fingerprint density at radius 2 is 1.16 bits per heavy atom. The molecule has 0 saturated carbocycles. The lowest BCUT2D eigenvalue weighted by Crippen LogP contribution is -2.22. The number of nitrogens with zero attached hydrogens (tertiary/aromatic N) is 1. The van der Waals surface area contributed by atoms with Crippen LogP contribution in [0.3, 0.4) is 0 Å². The summed E-state index contributed by atoms with van der Waals surface area (Å²) in [6.45, 7) is 0. The van der Waals surface area contributed by atoms with E-state index in [1.54, 1.807) is 0 Å². The molecule has 3 aromatic rings. The molecule has 124 valence electrons. The van der Waals surface area contributed by atoms with E-state index in [0.29, 0.717) is 12.8 Å². The van der Waals surface area contributed by atoms with Gasteiger partial charge in [0.05, 0.1) is 12.1 Å². The van der Waals surface area contributed by atoms with Gasteiger partial charge in [-0.05, 0) is 16.7 Å². The summed E-state index contributed by atoms with van der Waals surface area (Å²) in [4.78, 5) is 12.2. The molecule has 0 aliphatic carbocycles. The largest absolute Gasteiger partial charge is 0.273 e. The molecule has 25 heavy (non-hydrogen) atoms. The van der Waals surface area contributed by atoms with Crippen molar-refractivity contribution in [2.75, 3.05) is 0 Å². The Morgan fingerprint density at radius 1 is 0.680 bits per heavy atom. The fraction of sp³-hybridized carbons (Fsp3) is 0.0909. The summed E-state index contributed by atoms with van der Waals surface area (Å²) in [5.74, 6) is -0.118. The highest BCUT2D eigenvalue weighted by molar-refractivity contribution is 6.02. The minimum absolute atomic E-state index is 0.118. The Hall–Kier alpha value is -3.20. The minimum atomic E-state index is -0.118. The van der Waals surface area contributed by atoms with Crippen molar-refractivity contribution in [2.45, 2.75) is 12.8 Å². The number of benzene rings is 3. The predicted molar refractivity (Wildman–Crippen MR) is 101 cm³/mol. The molecule has 0 aliphatic rings. The Kier molecular flexibility index (Phi) is 5.73. The van der Waals surface area contributed by atoms with Crippen LogP contribution in [0.1, 0.15) is 16.7 Å². The van der Waals surface area contributed by atoms with E-state index in [2.05, 4.69) is 22.7 Å². The van der Waals surface area contributed by atoms with Crippen LogP contribution in [0.2, 0.25) is 0 Å². The fourth-order valence-electron chi connectivity index (χ4n) is 2.58. The predicted octanol–water partition coefficient (Wildman–Crippen LogP) is 3.99. The molecule has 0 unspecified atom stereocenters. The van der Waals surface area contributed by atoms with Crippen molar-refractivity contribution in [2.24, 2.45) is 5.10 Å². The van der Waals surface area contributed by atoms with E-state index in [-0.39, 0.29) is 5.91 Å². The number of hydrogen-bond acceptors (Lipinski definition) is 2. The fourth-order valence-corrected chi connectivity index (χ4v) is 2.58. The Bertz CT molecular complexity index is 828. The van der Waals surface area contributed by atoms with Crippen LogP contribution in [0.5, 0.6) is 0 Å². The van der Waals surface area contributed by atoms with Gasteiger partial charge in [0.1, 0.15) is 0 Å². The monoisotopic (exact) mass is 328 g/mol. The third kappa shape index (κ3) is 5.15. The van der Waals surface area contributed by atoms with E-state index in [9.17, 15) is 4.79 Å². The number of nitrogens with one attached hydrogen (secondary N) is 1. The lowest BCUT2D eigenvalue weighted by Gasteiger charge is -2.08. The molecule has 1 N–H and O–H groups in total. The summed E-state index contributed by atoms with van der Waals surface area (Å²) in [6, 6.07) is 29.7. The van der Waals surface area contributed by atoms with Crippen LogP contribution in [-0.2, 0) is 17.6 Å². The molecule has 0 aromatic heterocycles. The molecule has 3 heteroatoms. The van der Waals surface area contributed by atoms with Crippen LogP contribution in [0.15, 0.2) is 96.1 Å². The van der Waals surface area contributed by atoms with Gasteiger partial charge in [-0.25, -0.2) is 5.43 Å². The maximum absolute atomic E-state index is 12.2. The molecule has 0 fully saturated rings. The quantitative estimate of drug-likeness (QED) is 0.539. The Labute approximate surface area is 148 Å². The summed E-state index contributed by atoms with van der Waals surface area (Å²) in [7, 11) is 0. The van der Waals surface area contributed by atoms with Crippen molar-refractivity contribution in [1.29, 1.82) is 0 Å². The zero-order chi connectivity index (χ0) is 17.3. The lowest BCUT2D eigenvalue weighted by molar-refractivity contribution is -0.120. The summed E-state index contributed by atoms with van der Waals surface area (Å²) < 4.78 is 0. The zero-order valence-electron chi connectivity index (χ0n) is 13.9. The topological polar surface area (TPSA) is 41.5 Å². The second kappa shape index (κ2) is 8.60. The first kappa shape index (κ1) is 16.7. The molecule has 0 bridgehead atoms. The van der Waals surface area contributed by atoms with E-state index in [0.717, 1.165) is 22.4 Å². The van der Waals surface area contributed by atoms with Gasteiger partial charge in [-0.1, -0.05) is 91.0 Å². The van der Waals surface area contributed by atoms with Crippen LogP contribution in [0.4, 0.5) is 0 Å². The molecule has 0 radical (unpaired) electrons. The Morgan fingerprint density at radius 3 is 1.72 bits per heavy atom. The lowest BCUT2D eigenvalue weighted by atomic mass is 10.0. The van der Waals surface area contributed by atoms with Gasteiger partial charge in [0, 0.05) is 6.42 Å². The zero-order valence-corrected chi connectivity index (χ0v) is 13.9. The molecule has 0 atom stereocenters. The first-order valence-electron chi connectivity index (χ1n) is 8.30. The molecule has 0 saturated heterocycles. The maximum atomic E-state index is 12.2. The van der Waals surface area contributed by atoms with E-state index >= 15 is 0 Å². The summed E-state index contributed by atoms with van der Waals surface area (Å²) in [5.41, 5.74) is 6.67. The minimum Gasteiger partial charge on any atom is -0.273 e. The van der Waals surface area contributed by atoms with Gasteiger partial charge in [-0.2, -0.15) is 5.10 Å². The van der Waals surface area contributed by atoms with Crippen LogP contribution < -0.4 is 5.43 Å². The van der Waals surface area contributed by atoms with Crippen LogP contribution >= 0.6 is 0 Å². The van der Waals surface area contributed by atoms with Gasteiger partial charge in [-0.15, -0.1) is 0 Å². The first-order valence-corrected chi connectivity index (χ1v) is 8.30. The number of carbonyl (C=O) groups excluding carboxylic acids is 1. The number of carbonyl (C=O) groups is 1. The number of hydrazone groups is 1. The number of hydrogen-bond donors (Lipinski definition) is 1. The van der Waals surface area contributed by atoms with Crippen molar-refractivity contribution < 1.29 is 4.79 Å². The van der Waals surface area contributed by atoms with E-state index in [4.69, 9.17) is 0 Å². The van der Waals surface area contributed by atoms with E-state index in [1.807, 2.05) is 78.9 Å². The third-order valence-electron chi connectivity index (χ3n) is 3.84. The second-order valence-corrected chi connectivity index (χ2v) is 5.78. The summed E-state index contributed by atoms with van der Waals surface area (Å²) >= 11 is 0. The van der Waals surface area contributed by atoms with Crippen molar-refractivity contribution in [3.8, 4) is 0 Å². The highest BCUT2D eigenvalue weighted by Crippen LogP contribution is 2.08. The summed E-state index contributed by atoms with van der Waals surface area (Å²) in [6.07, 6.45) is 0.980. The number of amides is 1. The smallest absolute Gasteiger partial charge is 0.244 e. The Balaban J connectivity index is 1.74. The van der Waals surface area contributed by atoms with Crippen molar-refractivity contribution in [3.05, 3.63) is 108 Å². The molecule has 1 amide bonds. The van der Waals surface area contributed by atoms with E-state index in [1.165, 1.54) is 0 Å². The van der Waals surface area contributed by atoms with Gasteiger partial charge in [0.15, 0.2) is 0 Å². The highest BCUT2D eigenvalue weighted by atomic mass is 16.2. The standard InChI is InChI=1S/C22H20N2O/c25-22(17-19-12-6-2-7-13-19)24-23-21(20-14-8-3-9-15-20)16-18-10-4-1-5-11-18/h1-15H,16-17H2,(H,24,25)/b23-21-. The first-order chi connectivity index (χ1) is 12.3. The van der Waals surface area contributed by atoms with Gasteiger partial charge < -0.3 is 0 Å². The molecule has 3 aromatic carbocycles. The third-order valence-corrected chi connectivity index (χ3v) is 3.84. The molecular formula is C22H20N2O. The molecular weight excluding hydrogens is 308 g/mol. The van der Waals surface area contributed by atoms with Crippen LogP contribution in [-0.4, -0.2) is 11.6 Å². The highest BCUT2D eigenvalue weighted by Gasteiger charge is 2.07. The maximum Gasteiger partial charge on any atom is 0.244 e. The second-order valence-electron chi connectivity index (χ2n) is 5.78. The molecule has 0 heterocycles. The molecule has 3 nitrogen and oxygen atoms in total. The summed E-state index contributed by atoms with van der Waals surface area (Å²) in [5, 5.41) is 4.40. The SMILES string of the molecule is O=C(Cc1ccccc1)N/N=C(/Cc1ccccc1)c1ccccc1. The van der Waals surface area contributed by atoms with E-state index < -0.39 is 0 Å². The molecule has 0 aliphatic heterocycles. The molecule has 0 spiro atoms. The van der Waals surface area contributed by atoms with Gasteiger partial charge >= 0.3 is 0 Å². The average Bonchev–Trinajstić information content (AvgIpc) is 2.67. The van der Waals surface area contributed by atoms with Crippen molar-refractivity contribution in [3.63, 3.8) is 0 Å². The average molecular weight is 328 g/mol. The normalized spacial score (nSPS) is 11.1. The molecule has 3 rings (SSSR count). The van der Waals surface area contributed by atoms with Crippen LogP contribution in [0, 0.1) is 0 Å². The van der Waals surface area contributed by atoms with Crippen molar-refractivity contribution in [1.82, 2.24) is 5.43 Å². The van der Waals surface area contributed by atoms with Crippen molar-refractivity contribution >= 4 is 11.6 Å². The van der Waals surface area contributed by atoms with Crippen LogP contribution in [0.25, 0.3) is 0 Å². The number of rotatable bonds is 6.